The van der Waals surface area contributed by atoms with E-state index in [-0.39, 0.29) is 9.92 Å². The highest BCUT2D eigenvalue weighted by Crippen LogP contribution is 2.39. The second-order valence-electron chi connectivity index (χ2n) is 8.18. The number of hydrogen-bond donors (Lipinski definition) is 3. The number of H-pyrrole nitrogens is 1. The molecular weight excluding hydrogens is 420 g/mol. The third-order valence-electron chi connectivity index (χ3n) is 4.31. The Kier molecular flexibility index (Phi) is 5.13. The molecule has 0 saturated heterocycles. The van der Waals surface area contributed by atoms with Crippen molar-refractivity contribution in [3.63, 3.8) is 0 Å². The summed E-state index contributed by atoms with van der Waals surface area (Å²) in [5, 5.41) is 10.4. The van der Waals surface area contributed by atoms with E-state index in [4.69, 9.17) is 6.42 Å². The first-order valence-corrected chi connectivity index (χ1v) is 11.7. The molecule has 0 radical (unpaired) electrons. The molecule has 3 aromatic heterocycles. The number of terminal acetylenes is 1. The molecule has 4 rings (SSSR count). The van der Waals surface area contributed by atoms with E-state index < -0.39 is 15.6 Å². The maximum absolute atomic E-state index is 12.6. The van der Waals surface area contributed by atoms with Crippen LogP contribution >= 0.6 is 11.3 Å². The average molecular weight is 451 g/mol. The van der Waals surface area contributed by atoms with Gasteiger partial charge in [-0.2, -0.15) is 5.10 Å². The summed E-state index contributed by atoms with van der Waals surface area (Å²) in [5.41, 5.74) is 1.01. The molecule has 3 aromatic rings. The van der Waals surface area contributed by atoms with Gasteiger partial charge in [0, 0.05) is 35.1 Å². The second-order valence-corrected chi connectivity index (χ2v) is 11.2. The van der Waals surface area contributed by atoms with E-state index in [0.717, 1.165) is 17.0 Å². The van der Waals surface area contributed by atoms with Crippen molar-refractivity contribution >= 4 is 33.0 Å². The fourth-order valence-electron chi connectivity index (χ4n) is 2.87. The maximum Gasteiger partial charge on any atom is 0.250 e. The van der Waals surface area contributed by atoms with Crippen molar-refractivity contribution in [3.8, 4) is 23.0 Å². The van der Waals surface area contributed by atoms with Gasteiger partial charge in [-0.1, -0.05) is 5.92 Å². The number of aromatic amines is 1. The molecule has 0 unspecified atom stereocenters. The van der Waals surface area contributed by atoms with E-state index in [1.807, 2.05) is 6.07 Å². The van der Waals surface area contributed by atoms with Gasteiger partial charge in [-0.15, -0.1) is 17.8 Å². The van der Waals surface area contributed by atoms with E-state index in [1.165, 1.54) is 12.8 Å². The first kappa shape index (κ1) is 20.5. The largest absolute Gasteiger partial charge is 0.322 e. The highest BCUT2D eigenvalue weighted by Gasteiger charge is 2.26. The predicted octanol–water partition coefficient (Wildman–Crippen LogP) is 4.59. The minimum atomic E-state index is -3.63. The van der Waals surface area contributed by atoms with E-state index >= 15 is 0 Å². The first-order chi connectivity index (χ1) is 14.1. The molecule has 30 heavy (non-hydrogen) atoms. The van der Waals surface area contributed by atoms with Gasteiger partial charge in [0.15, 0.2) is 17.5 Å². The predicted molar refractivity (Wildman–Crippen MR) is 126 cm³/mol. The zero-order chi connectivity index (χ0) is 21.5. The number of aromatic nitrogens is 4. The lowest BCUT2D eigenvalue weighted by atomic mass is 10.1. The SMILES string of the molecule is C#Cc1cnc(-c2ccc(S(=O)(=O)NC(C)(C)C)s2)nc1Nc1cc(C2CC2)[nH]n1.[HH].[HH].[HH].[HH]. The molecule has 8 nitrogen and oxygen atoms in total. The molecule has 1 saturated carbocycles. The minimum Gasteiger partial charge on any atom is -0.322 e. The standard InChI is InChI=1S/C20H22N6O2S2.4H2/c1-5-12-11-21-19(15-8-9-17(29-15)30(27,28)26-20(2,3)4)23-18(12)22-16-10-14(24-25-16)13-6-7-13;;;;/h1,8-11,13,26H,6-7H2,2-4H3,(H2,21,22,23,24,25);4*1H. The summed E-state index contributed by atoms with van der Waals surface area (Å²) in [7, 11) is -3.63. The van der Waals surface area contributed by atoms with Crippen LogP contribution in [0.3, 0.4) is 0 Å². The third-order valence-corrected chi connectivity index (χ3v) is 7.64. The summed E-state index contributed by atoms with van der Waals surface area (Å²) in [5.74, 6) is 4.57. The molecular formula is C20H30N6O2S2. The van der Waals surface area contributed by atoms with Crippen LogP contribution in [0.4, 0.5) is 11.6 Å². The van der Waals surface area contributed by atoms with Crippen LogP contribution in [0, 0.1) is 12.3 Å². The molecule has 3 heterocycles. The molecule has 0 aromatic carbocycles. The highest BCUT2D eigenvalue weighted by molar-refractivity contribution is 7.91. The van der Waals surface area contributed by atoms with Crippen molar-refractivity contribution in [2.24, 2.45) is 0 Å². The lowest BCUT2D eigenvalue weighted by molar-refractivity contribution is 0.492. The topological polar surface area (TPSA) is 113 Å². The Morgan fingerprint density at radius 2 is 2.10 bits per heavy atom. The van der Waals surface area contributed by atoms with Crippen LogP contribution in [0.5, 0.6) is 0 Å². The number of rotatable bonds is 6. The van der Waals surface area contributed by atoms with Gasteiger partial charge in [-0.05, 0) is 45.7 Å². The normalized spacial score (nSPS) is 14.5. The summed E-state index contributed by atoms with van der Waals surface area (Å²) >= 11 is 1.10. The molecule has 0 amide bonds. The van der Waals surface area contributed by atoms with E-state index in [0.29, 0.717) is 33.8 Å². The second kappa shape index (κ2) is 7.50. The van der Waals surface area contributed by atoms with Crippen LogP contribution in [0.2, 0.25) is 0 Å². The van der Waals surface area contributed by atoms with Crippen molar-refractivity contribution in [3.05, 3.63) is 35.7 Å². The number of anilines is 2. The lowest BCUT2D eigenvalue weighted by Crippen LogP contribution is -2.40. The summed E-state index contributed by atoms with van der Waals surface area (Å²) in [6, 6.07) is 5.19. The smallest absolute Gasteiger partial charge is 0.250 e. The van der Waals surface area contributed by atoms with Crippen LogP contribution in [0.1, 0.15) is 56.5 Å². The molecule has 3 N–H and O–H groups in total. The molecule has 10 heteroatoms. The summed E-state index contributed by atoms with van der Waals surface area (Å²) in [6.07, 6.45) is 9.47. The van der Waals surface area contributed by atoms with Gasteiger partial charge in [0.25, 0.3) is 10.0 Å². The number of hydrogen-bond acceptors (Lipinski definition) is 7. The van der Waals surface area contributed by atoms with Gasteiger partial charge in [-0.3, -0.25) is 5.10 Å². The van der Waals surface area contributed by atoms with Crippen LogP contribution in [-0.4, -0.2) is 34.1 Å². The zero-order valence-electron chi connectivity index (χ0n) is 16.9. The first-order valence-electron chi connectivity index (χ1n) is 9.45. The van der Waals surface area contributed by atoms with Crippen molar-refractivity contribution < 1.29 is 14.1 Å². The van der Waals surface area contributed by atoms with Crippen LogP contribution in [0.15, 0.2) is 28.6 Å². The number of sulfonamides is 1. The fraction of sp³-hybridized carbons (Fsp3) is 0.350. The van der Waals surface area contributed by atoms with Crippen molar-refractivity contribution in [2.75, 3.05) is 5.32 Å². The molecule has 0 spiro atoms. The van der Waals surface area contributed by atoms with Crippen molar-refractivity contribution in [1.82, 2.24) is 24.9 Å². The monoisotopic (exact) mass is 450 g/mol. The zero-order valence-corrected chi connectivity index (χ0v) is 18.5. The van der Waals surface area contributed by atoms with E-state index in [1.54, 1.807) is 39.1 Å². The average Bonchev–Trinajstić information content (AvgIpc) is 3.19. The molecule has 0 atom stereocenters. The third kappa shape index (κ3) is 4.53. The Hall–Kier alpha value is -2.74. The molecule has 1 fully saturated rings. The van der Waals surface area contributed by atoms with Gasteiger partial charge in [0.05, 0.1) is 10.4 Å². The minimum absolute atomic E-state index is 0. The Morgan fingerprint density at radius 3 is 2.77 bits per heavy atom. The lowest BCUT2D eigenvalue weighted by Gasteiger charge is -2.19. The molecule has 1 aliphatic rings. The fourth-order valence-corrected chi connectivity index (χ4v) is 5.53. The molecule has 0 bridgehead atoms. The van der Waals surface area contributed by atoms with Crippen molar-refractivity contribution in [1.29, 1.82) is 0 Å². The summed E-state index contributed by atoms with van der Waals surface area (Å²) in [4.78, 5) is 9.46. The maximum atomic E-state index is 12.6. The van der Waals surface area contributed by atoms with E-state index in [9.17, 15) is 8.42 Å². The van der Waals surface area contributed by atoms with E-state index in [2.05, 4.69) is 36.1 Å². The van der Waals surface area contributed by atoms with Crippen LogP contribution < -0.4 is 10.0 Å². The Morgan fingerprint density at radius 1 is 1.33 bits per heavy atom. The van der Waals surface area contributed by atoms with Gasteiger partial charge in [0.1, 0.15) is 4.21 Å². The summed E-state index contributed by atoms with van der Waals surface area (Å²) < 4.78 is 28.0. The van der Waals surface area contributed by atoms with Gasteiger partial charge in [0.2, 0.25) is 0 Å². The highest BCUT2D eigenvalue weighted by atomic mass is 32.2. The van der Waals surface area contributed by atoms with Gasteiger partial charge in [-0.25, -0.2) is 23.1 Å². The van der Waals surface area contributed by atoms with Crippen LogP contribution in [-0.2, 0) is 10.0 Å². The molecule has 164 valence electrons. The van der Waals surface area contributed by atoms with Crippen LogP contribution in [0.25, 0.3) is 10.7 Å². The molecule has 0 aliphatic heterocycles. The molecule has 1 aliphatic carbocycles. The number of thiophene rings is 1. The van der Waals surface area contributed by atoms with Gasteiger partial charge >= 0.3 is 0 Å². The Balaban J connectivity index is 0.00000272. The van der Waals surface area contributed by atoms with Crippen molar-refractivity contribution in [2.45, 2.75) is 49.3 Å². The Labute approximate surface area is 185 Å². The number of nitrogens with zero attached hydrogens (tertiary/aromatic N) is 3. The Bertz CT molecular complexity index is 1240. The number of nitrogens with one attached hydrogen (secondary N) is 3. The summed E-state index contributed by atoms with van der Waals surface area (Å²) in [6.45, 7) is 5.38. The quantitative estimate of drug-likeness (QED) is 0.473. The van der Waals surface area contributed by atoms with Gasteiger partial charge < -0.3 is 5.32 Å².